The van der Waals surface area contributed by atoms with Gasteiger partial charge in [0.15, 0.2) is 0 Å². The number of benzene rings is 1. The van der Waals surface area contributed by atoms with Crippen LogP contribution in [0.3, 0.4) is 0 Å². The van der Waals surface area contributed by atoms with Gasteiger partial charge in [-0.1, -0.05) is 18.2 Å². The average Bonchev–Trinajstić information content (AvgIpc) is 2.97. The topological polar surface area (TPSA) is 45.2 Å². The fraction of sp³-hybridized carbons (Fsp3) is 0.357. The molecule has 1 aromatic heterocycles. The van der Waals surface area contributed by atoms with E-state index in [1.807, 2.05) is 24.4 Å². The van der Waals surface area contributed by atoms with E-state index < -0.39 is 6.10 Å². The Labute approximate surface area is 111 Å². The van der Waals surface area contributed by atoms with Gasteiger partial charge in [-0.2, -0.15) is 0 Å². The van der Waals surface area contributed by atoms with Gasteiger partial charge in [0.05, 0.1) is 16.8 Å². The number of rotatable bonds is 3. The number of para-hydroxylation sites is 1. The first kappa shape index (κ1) is 11.7. The molecule has 0 fully saturated rings. The number of aliphatic hydroxyl groups excluding tert-OH is 1. The van der Waals surface area contributed by atoms with Gasteiger partial charge in [-0.3, -0.25) is 0 Å². The van der Waals surface area contributed by atoms with Crippen LogP contribution in [0.5, 0.6) is 0 Å². The number of aromatic nitrogens is 1. The number of fused-ring (bicyclic) bond motifs is 1. The molecule has 0 spiro atoms. The SMILES string of the molecule is Cc1nc(CC(O)c2cccc3c2NCC3)cs1. The highest BCUT2D eigenvalue weighted by Gasteiger charge is 2.19. The number of thiazole rings is 1. The number of hydrogen-bond acceptors (Lipinski definition) is 4. The maximum absolute atomic E-state index is 10.4. The average molecular weight is 260 g/mol. The van der Waals surface area contributed by atoms with Crippen molar-refractivity contribution in [2.24, 2.45) is 0 Å². The van der Waals surface area contributed by atoms with Crippen molar-refractivity contribution in [3.63, 3.8) is 0 Å². The first-order valence-corrected chi connectivity index (χ1v) is 7.07. The number of hydrogen-bond donors (Lipinski definition) is 2. The summed E-state index contributed by atoms with van der Waals surface area (Å²) in [7, 11) is 0. The second-order valence-corrected chi connectivity index (χ2v) is 5.70. The summed E-state index contributed by atoms with van der Waals surface area (Å²) in [6.45, 7) is 2.96. The van der Waals surface area contributed by atoms with Crippen LogP contribution in [-0.4, -0.2) is 16.6 Å². The maximum atomic E-state index is 10.4. The van der Waals surface area contributed by atoms with E-state index in [1.54, 1.807) is 11.3 Å². The molecule has 18 heavy (non-hydrogen) atoms. The van der Waals surface area contributed by atoms with Crippen LogP contribution in [0.25, 0.3) is 0 Å². The molecule has 1 unspecified atom stereocenters. The Morgan fingerprint density at radius 1 is 1.50 bits per heavy atom. The van der Waals surface area contributed by atoms with Crippen LogP contribution in [0.4, 0.5) is 5.69 Å². The Bertz CT molecular complexity index is 565. The molecular weight excluding hydrogens is 244 g/mol. The molecule has 2 heterocycles. The fourth-order valence-electron chi connectivity index (χ4n) is 2.45. The lowest BCUT2D eigenvalue weighted by Gasteiger charge is -2.14. The van der Waals surface area contributed by atoms with Gasteiger partial charge in [-0.05, 0) is 18.9 Å². The number of aryl methyl sites for hydroxylation is 1. The molecule has 0 aliphatic carbocycles. The van der Waals surface area contributed by atoms with Crippen molar-refractivity contribution in [2.75, 3.05) is 11.9 Å². The Morgan fingerprint density at radius 2 is 2.39 bits per heavy atom. The normalized spacial score (nSPS) is 15.2. The standard InChI is InChI=1S/C14H16N2OS/c1-9-16-11(8-18-9)7-13(17)12-4-2-3-10-5-6-15-14(10)12/h2-4,8,13,15,17H,5-7H2,1H3. The van der Waals surface area contributed by atoms with Crippen molar-refractivity contribution in [1.29, 1.82) is 0 Å². The molecule has 0 saturated heterocycles. The number of anilines is 1. The van der Waals surface area contributed by atoms with Crippen LogP contribution in [0.2, 0.25) is 0 Å². The summed E-state index contributed by atoms with van der Waals surface area (Å²) in [6, 6.07) is 6.15. The fourth-order valence-corrected chi connectivity index (χ4v) is 3.08. The Kier molecular flexibility index (Phi) is 3.06. The van der Waals surface area contributed by atoms with E-state index in [9.17, 15) is 5.11 Å². The molecule has 0 radical (unpaired) electrons. The molecule has 0 bridgehead atoms. The van der Waals surface area contributed by atoms with Gasteiger partial charge >= 0.3 is 0 Å². The maximum Gasteiger partial charge on any atom is 0.0897 e. The van der Waals surface area contributed by atoms with E-state index >= 15 is 0 Å². The monoisotopic (exact) mass is 260 g/mol. The smallest absolute Gasteiger partial charge is 0.0897 e. The minimum Gasteiger partial charge on any atom is -0.388 e. The second kappa shape index (κ2) is 4.71. The first-order chi connectivity index (χ1) is 8.74. The molecule has 1 aromatic carbocycles. The lowest BCUT2D eigenvalue weighted by Crippen LogP contribution is -2.05. The zero-order valence-electron chi connectivity index (χ0n) is 10.3. The molecule has 94 valence electrons. The van der Waals surface area contributed by atoms with Crippen molar-refractivity contribution >= 4 is 17.0 Å². The predicted octanol–water partition coefficient (Wildman–Crippen LogP) is 2.70. The highest BCUT2D eigenvalue weighted by Crippen LogP contribution is 2.32. The van der Waals surface area contributed by atoms with E-state index in [1.165, 1.54) is 5.56 Å². The summed E-state index contributed by atoms with van der Waals surface area (Å²) in [6.07, 6.45) is 1.15. The molecule has 3 rings (SSSR count). The molecule has 3 nitrogen and oxygen atoms in total. The highest BCUT2D eigenvalue weighted by molar-refractivity contribution is 7.09. The summed E-state index contributed by atoms with van der Waals surface area (Å²) in [4.78, 5) is 4.41. The lowest BCUT2D eigenvalue weighted by molar-refractivity contribution is 0.178. The second-order valence-electron chi connectivity index (χ2n) is 4.64. The first-order valence-electron chi connectivity index (χ1n) is 6.19. The Hall–Kier alpha value is -1.39. The van der Waals surface area contributed by atoms with E-state index in [2.05, 4.69) is 16.4 Å². The van der Waals surface area contributed by atoms with Crippen LogP contribution in [0.1, 0.15) is 27.9 Å². The van der Waals surface area contributed by atoms with Gasteiger partial charge in [0.2, 0.25) is 0 Å². The molecule has 2 aromatic rings. The molecule has 1 aliphatic heterocycles. The van der Waals surface area contributed by atoms with Gasteiger partial charge in [0.1, 0.15) is 0 Å². The van der Waals surface area contributed by atoms with Crippen molar-refractivity contribution in [2.45, 2.75) is 25.9 Å². The molecular formula is C14H16N2OS. The third-order valence-corrected chi connectivity index (χ3v) is 4.13. The van der Waals surface area contributed by atoms with Crippen molar-refractivity contribution in [3.8, 4) is 0 Å². The Morgan fingerprint density at radius 3 is 3.17 bits per heavy atom. The third-order valence-electron chi connectivity index (χ3n) is 3.31. The largest absolute Gasteiger partial charge is 0.388 e. The molecule has 0 amide bonds. The van der Waals surface area contributed by atoms with Gasteiger partial charge in [0, 0.05) is 29.6 Å². The van der Waals surface area contributed by atoms with Crippen LogP contribution >= 0.6 is 11.3 Å². The molecule has 2 N–H and O–H groups in total. The summed E-state index contributed by atoms with van der Waals surface area (Å²) >= 11 is 1.63. The van der Waals surface area contributed by atoms with Crippen LogP contribution < -0.4 is 5.32 Å². The quantitative estimate of drug-likeness (QED) is 0.892. The highest BCUT2D eigenvalue weighted by atomic mass is 32.1. The lowest BCUT2D eigenvalue weighted by atomic mass is 10.0. The van der Waals surface area contributed by atoms with Gasteiger partial charge in [-0.25, -0.2) is 4.98 Å². The van der Waals surface area contributed by atoms with Crippen molar-refractivity contribution in [1.82, 2.24) is 4.98 Å². The van der Waals surface area contributed by atoms with Gasteiger partial charge in [0.25, 0.3) is 0 Å². The summed E-state index contributed by atoms with van der Waals surface area (Å²) in [5.74, 6) is 0. The Balaban J connectivity index is 1.84. The summed E-state index contributed by atoms with van der Waals surface area (Å²) in [5.41, 5.74) is 4.40. The van der Waals surface area contributed by atoms with Gasteiger partial charge < -0.3 is 10.4 Å². The van der Waals surface area contributed by atoms with E-state index in [4.69, 9.17) is 0 Å². The van der Waals surface area contributed by atoms with Crippen LogP contribution in [0.15, 0.2) is 23.6 Å². The molecule has 0 saturated carbocycles. The van der Waals surface area contributed by atoms with E-state index in [0.29, 0.717) is 6.42 Å². The molecule has 1 atom stereocenters. The zero-order valence-corrected chi connectivity index (χ0v) is 11.1. The van der Waals surface area contributed by atoms with E-state index in [0.717, 1.165) is 34.9 Å². The molecule has 4 heteroatoms. The summed E-state index contributed by atoms with van der Waals surface area (Å²) in [5, 5.41) is 16.8. The van der Waals surface area contributed by atoms with Crippen LogP contribution in [-0.2, 0) is 12.8 Å². The van der Waals surface area contributed by atoms with E-state index in [-0.39, 0.29) is 0 Å². The van der Waals surface area contributed by atoms with Crippen LogP contribution in [0, 0.1) is 6.92 Å². The van der Waals surface area contributed by atoms with Crippen molar-refractivity contribution < 1.29 is 5.11 Å². The number of nitrogens with one attached hydrogen (secondary N) is 1. The summed E-state index contributed by atoms with van der Waals surface area (Å²) < 4.78 is 0. The predicted molar refractivity (Wildman–Crippen MR) is 74.2 cm³/mol. The third kappa shape index (κ3) is 2.13. The number of nitrogens with zero attached hydrogens (tertiary/aromatic N) is 1. The minimum absolute atomic E-state index is 0.480. The minimum atomic E-state index is -0.480. The van der Waals surface area contributed by atoms with Gasteiger partial charge in [-0.15, -0.1) is 11.3 Å². The number of aliphatic hydroxyl groups is 1. The zero-order chi connectivity index (χ0) is 12.5. The van der Waals surface area contributed by atoms with Crippen molar-refractivity contribution in [3.05, 3.63) is 45.4 Å². The molecule has 1 aliphatic rings.